The monoisotopic (exact) mass is 613 g/mol. The van der Waals surface area contributed by atoms with Crippen LogP contribution in [-0.4, -0.2) is 77.3 Å². The standard InChI is InChI=1S/C25H29BrN9O3P/c1-33(2)12-13-34(3)20-9-6-16(14-21(20)35(36)37)30-25-29-15-17(26)24(32-25)31-19-8-7-18-22(28-11-10-27-18)23(19)39(4,5)38/h6-11,14-15H,12-13H2,1-5H3,(H2,29,30,31,32). The summed E-state index contributed by atoms with van der Waals surface area (Å²) >= 11 is 3.47. The highest BCUT2D eigenvalue weighted by Gasteiger charge is 2.23. The average Bonchev–Trinajstić information content (AvgIpc) is 2.88. The highest BCUT2D eigenvalue weighted by molar-refractivity contribution is 9.10. The van der Waals surface area contributed by atoms with Gasteiger partial charge >= 0.3 is 0 Å². The molecule has 0 saturated carbocycles. The van der Waals surface area contributed by atoms with Crippen LogP contribution in [0, 0.1) is 10.1 Å². The Morgan fingerprint density at radius 2 is 1.77 bits per heavy atom. The van der Waals surface area contributed by atoms with Crippen molar-refractivity contribution in [2.45, 2.75) is 0 Å². The number of nitrogens with zero attached hydrogens (tertiary/aromatic N) is 7. The lowest BCUT2D eigenvalue weighted by Gasteiger charge is -2.21. The van der Waals surface area contributed by atoms with Gasteiger partial charge in [-0.25, -0.2) is 4.98 Å². The Labute approximate surface area is 234 Å². The summed E-state index contributed by atoms with van der Waals surface area (Å²) < 4.78 is 13.8. The van der Waals surface area contributed by atoms with Crippen LogP contribution in [0.15, 0.2) is 53.4 Å². The summed E-state index contributed by atoms with van der Waals surface area (Å²) in [6.07, 6.45) is 4.72. The summed E-state index contributed by atoms with van der Waals surface area (Å²) in [6, 6.07) is 8.51. The molecular weight excluding hydrogens is 585 g/mol. The smallest absolute Gasteiger partial charge is 0.294 e. The maximum Gasteiger partial charge on any atom is 0.294 e. The Bertz CT molecular complexity index is 1580. The van der Waals surface area contributed by atoms with Gasteiger partial charge in [-0.2, -0.15) is 4.98 Å². The minimum Gasteiger partial charge on any atom is -0.368 e. The predicted octanol–water partition coefficient (Wildman–Crippen LogP) is 4.82. The molecule has 39 heavy (non-hydrogen) atoms. The van der Waals surface area contributed by atoms with E-state index in [2.05, 4.69) is 46.5 Å². The number of hydrogen-bond acceptors (Lipinski definition) is 11. The highest BCUT2D eigenvalue weighted by Crippen LogP contribution is 2.41. The summed E-state index contributed by atoms with van der Waals surface area (Å²) in [7, 11) is 2.96. The summed E-state index contributed by atoms with van der Waals surface area (Å²) in [5, 5.41) is 18.7. The Hall–Kier alpha value is -3.67. The van der Waals surface area contributed by atoms with Crippen LogP contribution >= 0.6 is 23.1 Å². The molecule has 2 aromatic heterocycles. The average molecular weight is 614 g/mol. The van der Waals surface area contributed by atoms with E-state index in [0.29, 0.717) is 50.2 Å². The van der Waals surface area contributed by atoms with Crippen molar-refractivity contribution in [3.05, 3.63) is 63.5 Å². The number of rotatable bonds is 10. The van der Waals surface area contributed by atoms with E-state index in [-0.39, 0.29) is 11.6 Å². The SMILES string of the molecule is CN(C)CCN(C)c1ccc(Nc2ncc(Br)c(Nc3ccc4nccnc4c3P(C)(C)=O)n2)cc1[N+](=O)[O-]. The van der Waals surface area contributed by atoms with Crippen molar-refractivity contribution < 1.29 is 9.49 Å². The molecule has 14 heteroatoms. The first-order valence-corrected chi connectivity index (χ1v) is 15.3. The molecule has 0 atom stereocenters. The number of aromatic nitrogens is 4. The summed E-state index contributed by atoms with van der Waals surface area (Å²) in [5.41, 5.74) is 2.74. The van der Waals surface area contributed by atoms with Gasteiger partial charge < -0.3 is 25.0 Å². The molecule has 2 aromatic carbocycles. The number of fused-ring (bicyclic) bond motifs is 1. The third-order valence-corrected chi connectivity index (χ3v) is 7.98. The van der Waals surface area contributed by atoms with Gasteiger partial charge in [-0.05, 0) is 67.6 Å². The second kappa shape index (κ2) is 11.6. The third kappa shape index (κ3) is 6.67. The van der Waals surface area contributed by atoms with Gasteiger partial charge in [-0.15, -0.1) is 0 Å². The molecule has 0 fully saturated rings. The first-order chi connectivity index (χ1) is 18.4. The molecule has 0 aliphatic rings. The Morgan fingerprint density at radius 3 is 2.46 bits per heavy atom. The lowest BCUT2D eigenvalue weighted by atomic mass is 10.2. The number of anilines is 5. The van der Waals surface area contributed by atoms with Crippen LogP contribution in [0.2, 0.25) is 0 Å². The number of halogens is 1. The van der Waals surface area contributed by atoms with E-state index in [9.17, 15) is 14.7 Å². The first kappa shape index (κ1) is 28.3. The summed E-state index contributed by atoms with van der Waals surface area (Å²) in [5.74, 6) is 0.641. The van der Waals surface area contributed by atoms with Crippen molar-refractivity contribution in [2.75, 3.05) is 63.1 Å². The Kier molecular flexibility index (Phi) is 8.43. The van der Waals surface area contributed by atoms with Gasteiger partial charge in [-0.3, -0.25) is 20.1 Å². The molecule has 4 rings (SSSR count). The molecule has 4 aromatic rings. The molecule has 0 radical (unpaired) electrons. The van der Waals surface area contributed by atoms with Crippen LogP contribution in [0.4, 0.5) is 34.5 Å². The molecule has 204 valence electrons. The zero-order valence-electron chi connectivity index (χ0n) is 22.2. The second-order valence-corrected chi connectivity index (χ2v) is 13.6. The number of hydrogen-bond donors (Lipinski definition) is 2. The van der Waals surface area contributed by atoms with E-state index in [1.165, 1.54) is 6.07 Å². The molecule has 0 unspecified atom stereocenters. The van der Waals surface area contributed by atoms with Crippen molar-refractivity contribution >= 4 is 73.9 Å². The van der Waals surface area contributed by atoms with Crippen LogP contribution in [0.1, 0.15) is 0 Å². The quantitative estimate of drug-likeness (QED) is 0.144. The number of nitro benzene ring substituents is 1. The van der Waals surface area contributed by atoms with Gasteiger partial charge in [0.2, 0.25) is 5.95 Å². The van der Waals surface area contributed by atoms with Gasteiger partial charge in [-0.1, -0.05) is 0 Å². The molecule has 0 amide bonds. The number of likely N-dealkylation sites (N-methyl/N-ethyl adjacent to an activating group) is 2. The zero-order chi connectivity index (χ0) is 28.3. The predicted molar refractivity (Wildman–Crippen MR) is 160 cm³/mol. The molecule has 0 spiro atoms. The van der Waals surface area contributed by atoms with E-state index in [0.717, 1.165) is 6.54 Å². The molecule has 2 heterocycles. The minimum absolute atomic E-state index is 0.0275. The minimum atomic E-state index is -2.77. The maximum absolute atomic E-state index is 13.2. The summed E-state index contributed by atoms with van der Waals surface area (Å²) in [6.45, 7) is 4.75. The zero-order valence-corrected chi connectivity index (χ0v) is 24.7. The first-order valence-electron chi connectivity index (χ1n) is 11.9. The van der Waals surface area contributed by atoms with E-state index in [4.69, 9.17) is 0 Å². The van der Waals surface area contributed by atoms with Crippen molar-refractivity contribution in [1.29, 1.82) is 0 Å². The second-order valence-electron chi connectivity index (χ2n) is 9.56. The van der Waals surface area contributed by atoms with Crippen molar-refractivity contribution in [2.24, 2.45) is 0 Å². The normalized spacial score (nSPS) is 11.6. The molecular formula is C25H29BrN9O3P. The van der Waals surface area contributed by atoms with Gasteiger partial charge in [0.25, 0.3) is 5.69 Å². The molecule has 12 nitrogen and oxygen atoms in total. The van der Waals surface area contributed by atoms with Crippen LogP contribution in [0.5, 0.6) is 0 Å². The number of nitro groups is 1. The van der Waals surface area contributed by atoms with Crippen LogP contribution in [0.3, 0.4) is 0 Å². The lowest BCUT2D eigenvalue weighted by molar-refractivity contribution is -0.384. The molecule has 0 bridgehead atoms. The van der Waals surface area contributed by atoms with Crippen molar-refractivity contribution in [1.82, 2.24) is 24.8 Å². The van der Waals surface area contributed by atoms with Gasteiger partial charge in [0.15, 0.2) is 0 Å². The number of benzene rings is 2. The van der Waals surface area contributed by atoms with Crippen LogP contribution in [0.25, 0.3) is 11.0 Å². The van der Waals surface area contributed by atoms with Crippen LogP contribution in [-0.2, 0) is 4.57 Å². The molecule has 0 aliphatic heterocycles. The fraction of sp³-hybridized carbons (Fsp3) is 0.280. The molecule has 0 aliphatic carbocycles. The van der Waals surface area contributed by atoms with Crippen molar-refractivity contribution in [3.63, 3.8) is 0 Å². The highest BCUT2D eigenvalue weighted by atomic mass is 79.9. The van der Waals surface area contributed by atoms with Gasteiger partial charge in [0, 0.05) is 50.5 Å². The van der Waals surface area contributed by atoms with Crippen molar-refractivity contribution in [3.8, 4) is 0 Å². The molecule has 0 saturated heterocycles. The fourth-order valence-electron chi connectivity index (χ4n) is 3.98. The van der Waals surface area contributed by atoms with Gasteiger partial charge in [0.05, 0.1) is 25.9 Å². The van der Waals surface area contributed by atoms with Crippen LogP contribution < -0.4 is 20.8 Å². The van der Waals surface area contributed by atoms with E-state index in [1.807, 2.05) is 30.9 Å². The van der Waals surface area contributed by atoms with E-state index < -0.39 is 12.1 Å². The summed E-state index contributed by atoms with van der Waals surface area (Å²) in [4.78, 5) is 32.9. The maximum atomic E-state index is 13.2. The third-order valence-electron chi connectivity index (χ3n) is 5.87. The number of nitrogens with one attached hydrogen (secondary N) is 2. The van der Waals surface area contributed by atoms with E-state index >= 15 is 0 Å². The Balaban J connectivity index is 1.64. The Morgan fingerprint density at radius 1 is 1.03 bits per heavy atom. The largest absolute Gasteiger partial charge is 0.368 e. The topological polar surface area (TPSA) is 142 Å². The van der Waals surface area contributed by atoms with Gasteiger partial charge in [0.1, 0.15) is 24.2 Å². The van der Waals surface area contributed by atoms with E-state index in [1.54, 1.807) is 56.2 Å². The molecule has 2 N–H and O–H groups in total. The fourth-order valence-corrected chi connectivity index (χ4v) is 5.66. The lowest BCUT2D eigenvalue weighted by Crippen LogP contribution is -2.28.